The topological polar surface area (TPSA) is 98.5 Å². The van der Waals surface area contributed by atoms with Crippen molar-refractivity contribution in [1.29, 1.82) is 0 Å². The predicted molar refractivity (Wildman–Crippen MR) is 100 cm³/mol. The van der Waals surface area contributed by atoms with Gasteiger partial charge in [-0.05, 0) is 55.0 Å². The smallest absolute Gasteiger partial charge is 0.338 e. The van der Waals surface area contributed by atoms with E-state index in [0.717, 1.165) is 31.7 Å². The van der Waals surface area contributed by atoms with E-state index in [1.807, 2.05) is 12.1 Å². The summed E-state index contributed by atoms with van der Waals surface area (Å²) < 4.78 is 5.07. The van der Waals surface area contributed by atoms with Crippen molar-refractivity contribution in [1.82, 2.24) is 0 Å². The fourth-order valence-corrected chi connectivity index (χ4v) is 3.23. The number of nitrogens with zero attached hydrogens (tertiary/aromatic N) is 1. The van der Waals surface area contributed by atoms with Crippen molar-refractivity contribution in [2.45, 2.75) is 25.7 Å². The lowest BCUT2D eigenvalue weighted by Crippen LogP contribution is -2.15. The maximum absolute atomic E-state index is 12.3. The van der Waals surface area contributed by atoms with Gasteiger partial charge in [-0.1, -0.05) is 12.1 Å². The minimum absolute atomic E-state index is 0.0268. The van der Waals surface area contributed by atoms with Crippen molar-refractivity contribution in [3.8, 4) is 0 Å². The third kappa shape index (κ3) is 4.13. The number of nitro groups is 1. The molecule has 7 heteroatoms. The number of hydrogen-bond donors (Lipinski definition) is 1. The molecular formula is C20H20N2O5. The molecule has 3 rings (SSSR count). The van der Waals surface area contributed by atoms with Gasteiger partial charge >= 0.3 is 5.97 Å². The van der Waals surface area contributed by atoms with Gasteiger partial charge in [0.05, 0.1) is 10.5 Å². The number of benzene rings is 2. The van der Waals surface area contributed by atoms with Crippen LogP contribution in [0.1, 0.15) is 44.7 Å². The third-order valence-electron chi connectivity index (χ3n) is 4.70. The van der Waals surface area contributed by atoms with E-state index in [4.69, 9.17) is 4.74 Å². The maximum atomic E-state index is 12.3. The van der Waals surface area contributed by atoms with Gasteiger partial charge < -0.3 is 10.1 Å². The number of ketones is 1. The third-order valence-corrected chi connectivity index (χ3v) is 4.70. The molecule has 2 aromatic carbocycles. The zero-order valence-corrected chi connectivity index (χ0v) is 15.0. The zero-order chi connectivity index (χ0) is 19.4. The van der Waals surface area contributed by atoms with Crippen molar-refractivity contribution in [2.24, 2.45) is 0 Å². The van der Waals surface area contributed by atoms with Gasteiger partial charge in [-0.2, -0.15) is 0 Å². The summed E-state index contributed by atoms with van der Waals surface area (Å²) >= 11 is 0. The van der Waals surface area contributed by atoms with Crippen LogP contribution in [0.3, 0.4) is 0 Å². The quantitative estimate of drug-likeness (QED) is 0.362. The highest BCUT2D eigenvalue weighted by molar-refractivity contribution is 5.99. The molecule has 0 saturated heterocycles. The summed E-state index contributed by atoms with van der Waals surface area (Å²) in [5, 5.41) is 13.8. The Morgan fingerprint density at radius 1 is 1.07 bits per heavy atom. The van der Waals surface area contributed by atoms with E-state index in [9.17, 15) is 19.7 Å². The Bertz CT molecular complexity index is 907. The minimum atomic E-state index is -0.771. The second-order valence-electron chi connectivity index (χ2n) is 6.43. The summed E-state index contributed by atoms with van der Waals surface area (Å²) in [5.41, 5.74) is 3.05. The van der Waals surface area contributed by atoms with E-state index in [1.165, 1.54) is 23.3 Å². The molecule has 1 aliphatic carbocycles. The van der Waals surface area contributed by atoms with Gasteiger partial charge in [0.2, 0.25) is 0 Å². The molecule has 0 amide bonds. The summed E-state index contributed by atoms with van der Waals surface area (Å²) in [6.07, 6.45) is 4.26. The highest BCUT2D eigenvalue weighted by Crippen LogP contribution is 2.25. The van der Waals surface area contributed by atoms with E-state index < -0.39 is 17.5 Å². The fourth-order valence-electron chi connectivity index (χ4n) is 3.23. The lowest BCUT2D eigenvalue weighted by molar-refractivity contribution is -0.384. The van der Waals surface area contributed by atoms with Crippen molar-refractivity contribution in [2.75, 3.05) is 19.0 Å². The number of nitro benzene ring substituents is 1. The Morgan fingerprint density at radius 2 is 1.78 bits per heavy atom. The number of hydrogen-bond acceptors (Lipinski definition) is 6. The number of carbonyl (C=O) groups excluding carboxylic acids is 2. The summed E-state index contributed by atoms with van der Waals surface area (Å²) in [5.74, 6) is -1.06. The molecule has 0 aromatic heterocycles. The second-order valence-corrected chi connectivity index (χ2v) is 6.43. The van der Waals surface area contributed by atoms with Crippen LogP contribution < -0.4 is 5.32 Å². The average Bonchev–Trinajstić information content (AvgIpc) is 2.70. The normalized spacial score (nSPS) is 12.8. The number of anilines is 1. The monoisotopic (exact) mass is 368 g/mol. The number of Topliss-reactive ketones (excluding diaryl/α,β-unsaturated/α-hetero) is 1. The number of fused-ring (bicyclic) bond motifs is 1. The molecule has 27 heavy (non-hydrogen) atoms. The lowest BCUT2D eigenvalue weighted by atomic mass is 9.90. The largest absolute Gasteiger partial charge is 0.454 e. The lowest BCUT2D eigenvalue weighted by Gasteiger charge is -2.16. The van der Waals surface area contributed by atoms with Crippen LogP contribution in [0.2, 0.25) is 0 Å². The summed E-state index contributed by atoms with van der Waals surface area (Å²) in [7, 11) is 1.55. The molecule has 1 aliphatic rings. The molecule has 7 nitrogen and oxygen atoms in total. The number of rotatable bonds is 6. The fraction of sp³-hybridized carbons (Fsp3) is 0.300. The molecule has 1 N–H and O–H groups in total. The van der Waals surface area contributed by atoms with Gasteiger partial charge in [-0.15, -0.1) is 0 Å². The molecule has 0 atom stereocenters. The molecule has 0 radical (unpaired) electrons. The molecular weight excluding hydrogens is 348 g/mol. The molecule has 0 heterocycles. The number of nitrogens with one attached hydrogen (secondary N) is 1. The SMILES string of the molecule is CNc1ccc(C(=O)OCC(=O)c2ccc3c(c2)CCCC3)cc1[N+](=O)[O-]. The Labute approximate surface area is 156 Å². The van der Waals surface area contributed by atoms with Crippen LogP contribution in [-0.2, 0) is 17.6 Å². The van der Waals surface area contributed by atoms with E-state index in [2.05, 4.69) is 5.32 Å². The Morgan fingerprint density at radius 3 is 2.48 bits per heavy atom. The van der Waals surface area contributed by atoms with Crippen LogP contribution in [0.15, 0.2) is 36.4 Å². The van der Waals surface area contributed by atoms with E-state index >= 15 is 0 Å². The van der Waals surface area contributed by atoms with E-state index in [-0.39, 0.29) is 17.0 Å². The Kier molecular flexibility index (Phi) is 5.49. The molecule has 0 spiro atoms. The van der Waals surface area contributed by atoms with Gasteiger partial charge in [0.25, 0.3) is 5.69 Å². The van der Waals surface area contributed by atoms with Crippen molar-refractivity contribution < 1.29 is 19.2 Å². The maximum Gasteiger partial charge on any atom is 0.338 e. The van der Waals surface area contributed by atoms with Crippen LogP contribution in [0.5, 0.6) is 0 Å². The highest BCUT2D eigenvalue weighted by atomic mass is 16.6. The molecule has 2 aromatic rings. The first-order chi connectivity index (χ1) is 13.0. The highest BCUT2D eigenvalue weighted by Gasteiger charge is 2.19. The number of carbonyl (C=O) groups is 2. The van der Waals surface area contributed by atoms with Gasteiger partial charge in [0.15, 0.2) is 12.4 Å². The first kappa shape index (κ1) is 18.6. The molecule has 0 fully saturated rings. The Balaban J connectivity index is 1.67. The first-order valence-corrected chi connectivity index (χ1v) is 8.78. The summed E-state index contributed by atoms with van der Waals surface area (Å²) in [4.78, 5) is 35.0. The summed E-state index contributed by atoms with van der Waals surface area (Å²) in [6.45, 7) is -0.404. The van der Waals surface area contributed by atoms with E-state index in [1.54, 1.807) is 13.1 Å². The van der Waals surface area contributed by atoms with Crippen molar-refractivity contribution >= 4 is 23.1 Å². The van der Waals surface area contributed by atoms with E-state index in [0.29, 0.717) is 11.3 Å². The van der Waals surface area contributed by atoms with Crippen molar-refractivity contribution in [3.05, 3.63) is 68.8 Å². The van der Waals surface area contributed by atoms with Crippen LogP contribution in [0.25, 0.3) is 0 Å². The second kappa shape index (κ2) is 7.99. The molecule has 0 bridgehead atoms. The molecule has 0 saturated carbocycles. The first-order valence-electron chi connectivity index (χ1n) is 8.78. The van der Waals surface area contributed by atoms with Crippen molar-refractivity contribution in [3.63, 3.8) is 0 Å². The van der Waals surface area contributed by atoms with Gasteiger partial charge in [0.1, 0.15) is 5.69 Å². The van der Waals surface area contributed by atoms with Gasteiger partial charge in [0, 0.05) is 18.7 Å². The molecule has 0 aliphatic heterocycles. The zero-order valence-electron chi connectivity index (χ0n) is 15.0. The van der Waals surface area contributed by atoms with Crippen LogP contribution in [0, 0.1) is 10.1 Å². The number of esters is 1. The number of ether oxygens (including phenoxy) is 1. The molecule has 0 unspecified atom stereocenters. The standard InChI is InChI=1S/C20H20N2O5/c1-21-17-9-8-16(11-18(17)22(25)26)20(24)27-12-19(23)15-7-6-13-4-2-3-5-14(13)10-15/h6-11,21H,2-5,12H2,1H3. The Hall–Kier alpha value is -3.22. The van der Waals surface area contributed by atoms with Crippen LogP contribution in [-0.4, -0.2) is 30.3 Å². The molecule has 140 valence electrons. The van der Waals surface area contributed by atoms with Crippen LogP contribution >= 0.6 is 0 Å². The minimum Gasteiger partial charge on any atom is -0.454 e. The van der Waals surface area contributed by atoms with Crippen LogP contribution in [0.4, 0.5) is 11.4 Å². The number of aryl methyl sites for hydroxylation is 2. The average molecular weight is 368 g/mol. The predicted octanol–water partition coefficient (Wildman–Crippen LogP) is 3.56. The van der Waals surface area contributed by atoms with Gasteiger partial charge in [-0.3, -0.25) is 14.9 Å². The summed E-state index contributed by atoms with van der Waals surface area (Å²) in [6, 6.07) is 9.58. The van der Waals surface area contributed by atoms with Gasteiger partial charge in [-0.25, -0.2) is 4.79 Å².